The van der Waals surface area contributed by atoms with Crippen molar-refractivity contribution >= 4 is 5.91 Å². The van der Waals surface area contributed by atoms with Crippen LogP contribution in [-0.4, -0.2) is 29.4 Å². The predicted molar refractivity (Wildman–Crippen MR) is 77.8 cm³/mol. The Labute approximate surface area is 120 Å². The Bertz CT molecular complexity index is 475. The maximum Gasteiger partial charge on any atom is 0.240 e. The van der Waals surface area contributed by atoms with E-state index in [1.165, 1.54) is 6.07 Å². The minimum atomic E-state index is -0.244. The van der Waals surface area contributed by atoms with E-state index in [1.54, 1.807) is 17.0 Å². The molecule has 1 aliphatic rings. The number of hydrogen-bond donors (Lipinski definition) is 1. The highest BCUT2D eigenvalue weighted by molar-refractivity contribution is 5.83. The van der Waals surface area contributed by atoms with Gasteiger partial charge < -0.3 is 10.2 Å². The molecule has 1 amide bonds. The van der Waals surface area contributed by atoms with Gasteiger partial charge in [-0.3, -0.25) is 4.79 Å². The van der Waals surface area contributed by atoms with Crippen molar-refractivity contribution in [3.63, 3.8) is 0 Å². The fraction of sp³-hybridized carbons (Fsp3) is 0.562. The second-order valence-corrected chi connectivity index (χ2v) is 5.75. The smallest absolute Gasteiger partial charge is 0.240 e. The van der Waals surface area contributed by atoms with Crippen LogP contribution in [0.3, 0.4) is 0 Å². The van der Waals surface area contributed by atoms with E-state index in [2.05, 4.69) is 5.32 Å². The van der Waals surface area contributed by atoms with Crippen molar-refractivity contribution in [2.24, 2.45) is 0 Å². The molecule has 0 bridgehead atoms. The molecule has 0 aliphatic carbocycles. The lowest BCUT2D eigenvalue weighted by atomic mass is 9.99. The van der Waals surface area contributed by atoms with Gasteiger partial charge in [0, 0.05) is 18.2 Å². The summed E-state index contributed by atoms with van der Waals surface area (Å²) in [5, 5.41) is 3.30. The van der Waals surface area contributed by atoms with Crippen molar-refractivity contribution in [2.75, 3.05) is 6.54 Å². The van der Waals surface area contributed by atoms with Gasteiger partial charge in [-0.1, -0.05) is 32.0 Å². The summed E-state index contributed by atoms with van der Waals surface area (Å²) in [4.78, 5) is 14.3. The van der Waals surface area contributed by atoms with Crippen LogP contribution in [-0.2, 0) is 4.79 Å². The Kier molecular flexibility index (Phi) is 4.76. The van der Waals surface area contributed by atoms with E-state index in [-0.39, 0.29) is 29.8 Å². The molecule has 4 heteroatoms. The second-order valence-electron chi connectivity index (χ2n) is 5.75. The van der Waals surface area contributed by atoms with E-state index in [1.807, 2.05) is 26.8 Å². The molecule has 1 N–H and O–H groups in total. The molecule has 0 radical (unpaired) electrons. The number of benzene rings is 1. The fourth-order valence-electron chi connectivity index (χ4n) is 2.82. The minimum Gasteiger partial charge on any atom is -0.334 e. The molecule has 1 fully saturated rings. The number of halogens is 1. The van der Waals surface area contributed by atoms with E-state index in [4.69, 9.17) is 0 Å². The van der Waals surface area contributed by atoms with Gasteiger partial charge in [-0.05, 0) is 25.8 Å². The Hall–Kier alpha value is -1.42. The van der Waals surface area contributed by atoms with Crippen molar-refractivity contribution in [1.82, 2.24) is 10.2 Å². The van der Waals surface area contributed by atoms with Gasteiger partial charge in [-0.2, -0.15) is 0 Å². The van der Waals surface area contributed by atoms with Gasteiger partial charge in [0.25, 0.3) is 0 Å². The third-order valence-electron chi connectivity index (χ3n) is 3.83. The normalized spacial score (nSPS) is 21.4. The second kappa shape index (κ2) is 6.35. The average Bonchev–Trinajstić information content (AvgIpc) is 2.40. The number of rotatable bonds is 4. The first-order valence-electron chi connectivity index (χ1n) is 7.31. The molecule has 2 unspecified atom stereocenters. The summed E-state index contributed by atoms with van der Waals surface area (Å²) in [6, 6.07) is 6.60. The average molecular weight is 278 g/mol. The lowest BCUT2D eigenvalue weighted by Crippen LogP contribution is -2.52. The van der Waals surface area contributed by atoms with Gasteiger partial charge in [0.15, 0.2) is 0 Å². The molecule has 2 rings (SSSR count). The van der Waals surface area contributed by atoms with Crippen LogP contribution in [0.2, 0.25) is 0 Å². The molecule has 3 nitrogen and oxygen atoms in total. The molecule has 0 aromatic heterocycles. The first-order chi connectivity index (χ1) is 9.50. The molecule has 1 heterocycles. The molecule has 20 heavy (non-hydrogen) atoms. The standard InChI is InChI=1S/C16H23FN2O/c1-11(2)18-15-9-6-10-19(16(15)20)12(3)13-7-4-5-8-14(13)17/h4-5,7-8,11-12,15,18H,6,9-10H2,1-3H3. The van der Waals surface area contributed by atoms with E-state index in [9.17, 15) is 9.18 Å². The molecule has 0 saturated carbocycles. The fourth-order valence-corrected chi connectivity index (χ4v) is 2.82. The summed E-state index contributed by atoms with van der Waals surface area (Å²) in [6.45, 7) is 6.66. The zero-order valence-electron chi connectivity index (χ0n) is 12.4. The lowest BCUT2D eigenvalue weighted by Gasteiger charge is -2.37. The zero-order chi connectivity index (χ0) is 14.7. The lowest BCUT2D eigenvalue weighted by molar-refractivity contribution is -0.138. The summed E-state index contributed by atoms with van der Waals surface area (Å²) >= 11 is 0. The van der Waals surface area contributed by atoms with Crippen LogP contribution in [0.1, 0.15) is 45.2 Å². The van der Waals surface area contributed by atoms with Crippen LogP contribution in [0.25, 0.3) is 0 Å². The highest BCUT2D eigenvalue weighted by Gasteiger charge is 2.32. The number of piperidine rings is 1. The van der Waals surface area contributed by atoms with Crippen LogP contribution < -0.4 is 5.32 Å². The molecule has 1 saturated heterocycles. The van der Waals surface area contributed by atoms with Crippen molar-refractivity contribution in [3.05, 3.63) is 35.6 Å². The maximum absolute atomic E-state index is 13.9. The molecule has 110 valence electrons. The zero-order valence-corrected chi connectivity index (χ0v) is 12.4. The third kappa shape index (κ3) is 3.18. The van der Waals surface area contributed by atoms with E-state index >= 15 is 0 Å². The topological polar surface area (TPSA) is 32.3 Å². The van der Waals surface area contributed by atoms with Crippen molar-refractivity contribution < 1.29 is 9.18 Å². The SMILES string of the molecule is CC(C)NC1CCCN(C(C)c2ccccc2F)C1=O. The minimum absolute atomic E-state index is 0.0840. The molecule has 0 spiro atoms. The number of carbonyl (C=O) groups is 1. The molecule has 2 atom stereocenters. The summed E-state index contributed by atoms with van der Waals surface area (Å²) in [5.74, 6) is -0.160. The first-order valence-corrected chi connectivity index (χ1v) is 7.31. The summed E-state index contributed by atoms with van der Waals surface area (Å²) in [5.41, 5.74) is 0.589. The van der Waals surface area contributed by atoms with E-state index < -0.39 is 0 Å². The van der Waals surface area contributed by atoms with Gasteiger partial charge in [-0.25, -0.2) is 4.39 Å². The Morgan fingerprint density at radius 1 is 1.30 bits per heavy atom. The van der Waals surface area contributed by atoms with Gasteiger partial charge >= 0.3 is 0 Å². The number of carbonyl (C=O) groups excluding carboxylic acids is 1. The van der Waals surface area contributed by atoms with E-state index in [0.717, 1.165) is 12.8 Å². The summed E-state index contributed by atoms with van der Waals surface area (Å²) in [6.07, 6.45) is 1.81. The maximum atomic E-state index is 13.9. The largest absolute Gasteiger partial charge is 0.334 e. The van der Waals surface area contributed by atoms with Crippen LogP contribution in [0.15, 0.2) is 24.3 Å². The van der Waals surface area contributed by atoms with Gasteiger partial charge in [0.1, 0.15) is 5.82 Å². The Morgan fingerprint density at radius 2 is 2.00 bits per heavy atom. The van der Waals surface area contributed by atoms with Crippen LogP contribution in [0.5, 0.6) is 0 Å². The molecular formula is C16H23FN2O. The summed E-state index contributed by atoms with van der Waals surface area (Å²) < 4.78 is 13.9. The monoisotopic (exact) mass is 278 g/mol. The number of hydrogen-bond acceptors (Lipinski definition) is 2. The molecule has 1 aliphatic heterocycles. The van der Waals surface area contributed by atoms with Crippen molar-refractivity contribution in [1.29, 1.82) is 0 Å². The van der Waals surface area contributed by atoms with E-state index in [0.29, 0.717) is 12.1 Å². The van der Waals surface area contributed by atoms with Crippen LogP contribution in [0.4, 0.5) is 4.39 Å². The Morgan fingerprint density at radius 3 is 2.65 bits per heavy atom. The molecule has 1 aromatic carbocycles. The third-order valence-corrected chi connectivity index (χ3v) is 3.83. The van der Waals surface area contributed by atoms with Crippen molar-refractivity contribution in [2.45, 2.75) is 51.7 Å². The van der Waals surface area contributed by atoms with Gasteiger partial charge in [0.2, 0.25) is 5.91 Å². The van der Waals surface area contributed by atoms with Crippen LogP contribution >= 0.6 is 0 Å². The molecule has 1 aromatic rings. The van der Waals surface area contributed by atoms with Crippen molar-refractivity contribution in [3.8, 4) is 0 Å². The molecular weight excluding hydrogens is 255 g/mol. The number of nitrogens with zero attached hydrogens (tertiary/aromatic N) is 1. The Balaban J connectivity index is 2.15. The highest BCUT2D eigenvalue weighted by atomic mass is 19.1. The predicted octanol–water partition coefficient (Wildman–Crippen LogP) is 2.88. The van der Waals surface area contributed by atoms with Gasteiger partial charge in [-0.15, -0.1) is 0 Å². The highest BCUT2D eigenvalue weighted by Crippen LogP contribution is 2.26. The number of likely N-dealkylation sites (tertiary alicyclic amines) is 1. The first kappa shape index (κ1) is 15.0. The van der Waals surface area contributed by atoms with Gasteiger partial charge in [0.05, 0.1) is 12.1 Å². The van der Waals surface area contributed by atoms with Crippen LogP contribution in [0, 0.1) is 5.82 Å². The summed E-state index contributed by atoms with van der Waals surface area (Å²) in [7, 11) is 0. The quantitative estimate of drug-likeness (QED) is 0.918. The number of nitrogens with one attached hydrogen (secondary N) is 1. The number of amides is 1.